The van der Waals surface area contributed by atoms with Crippen molar-refractivity contribution in [3.63, 3.8) is 0 Å². The van der Waals surface area contributed by atoms with Crippen LogP contribution < -0.4 is 0 Å². The number of nitrogens with zero attached hydrogens (tertiary/aromatic N) is 4. The van der Waals surface area contributed by atoms with Gasteiger partial charge in [-0.15, -0.1) is 0 Å². The Hall–Kier alpha value is -2.60. The third kappa shape index (κ3) is 3.96. The average molecular weight is 373 g/mol. The van der Waals surface area contributed by atoms with E-state index < -0.39 is 0 Å². The fraction of sp³-hybridized carbons (Fsp3) is 0.316. The molecule has 0 radical (unpaired) electrons. The van der Waals surface area contributed by atoms with Crippen LogP contribution in [0.2, 0.25) is 5.02 Å². The molecule has 0 bridgehead atoms. The highest BCUT2D eigenvalue weighted by molar-refractivity contribution is 6.30. The SMILES string of the molecule is C=CC(=O)N1CCN(C(=O)c2ccc(Cn3cc(Cl)cn3)cc2)[C@@H](C)C1. The second-order valence-electron chi connectivity index (χ2n) is 6.39. The van der Waals surface area contributed by atoms with Gasteiger partial charge in [0.1, 0.15) is 0 Å². The molecule has 136 valence electrons. The van der Waals surface area contributed by atoms with Crippen LogP contribution in [-0.2, 0) is 11.3 Å². The number of piperazine rings is 1. The summed E-state index contributed by atoms with van der Waals surface area (Å²) in [5, 5.41) is 4.75. The number of rotatable bonds is 4. The van der Waals surface area contributed by atoms with E-state index in [1.165, 1.54) is 6.08 Å². The Labute approximate surface area is 157 Å². The zero-order chi connectivity index (χ0) is 18.7. The van der Waals surface area contributed by atoms with E-state index in [9.17, 15) is 9.59 Å². The van der Waals surface area contributed by atoms with E-state index >= 15 is 0 Å². The number of aromatic nitrogens is 2. The maximum atomic E-state index is 12.8. The van der Waals surface area contributed by atoms with Crippen molar-refractivity contribution >= 4 is 23.4 Å². The summed E-state index contributed by atoms with van der Waals surface area (Å²) in [6, 6.07) is 7.47. The van der Waals surface area contributed by atoms with Crippen LogP contribution in [0.4, 0.5) is 0 Å². The summed E-state index contributed by atoms with van der Waals surface area (Å²) >= 11 is 5.87. The lowest BCUT2D eigenvalue weighted by molar-refractivity contribution is -0.128. The molecule has 1 fully saturated rings. The summed E-state index contributed by atoms with van der Waals surface area (Å²) in [7, 11) is 0. The van der Waals surface area contributed by atoms with Crippen LogP contribution in [0.5, 0.6) is 0 Å². The van der Waals surface area contributed by atoms with Crippen LogP contribution in [0, 0.1) is 0 Å². The van der Waals surface area contributed by atoms with Gasteiger partial charge in [0.05, 0.1) is 17.8 Å². The van der Waals surface area contributed by atoms with Gasteiger partial charge in [-0.05, 0) is 30.7 Å². The Balaban J connectivity index is 1.64. The Kier molecular flexibility index (Phi) is 5.42. The van der Waals surface area contributed by atoms with E-state index in [0.29, 0.717) is 36.8 Å². The largest absolute Gasteiger partial charge is 0.335 e. The van der Waals surface area contributed by atoms with Gasteiger partial charge >= 0.3 is 0 Å². The van der Waals surface area contributed by atoms with E-state index in [1.54, 1.807) is 22.0 Å². The topological polar surface area (TPSA) is 58.4 Å². The molecule has 0 N–H and O–H groups in total. The summed E-state index contributed by atoms with van der Waals surface area (Å²) < 4.78 is 1.75. The number of carbonyl (C=O) groups excluding carboxylic acids is 2. The molecule has 3 rings (SSSR count). The van der Waals surface area contributed by atoms with Crippen molar-refractivity contribution in [2.45, 2.75) is 19.5 Å². The van der Waals surface area contributed by atoms with Gasteiger partial charge in [0.15, 0.2) is 0 Å². The molecule has 0 spiro atoms. The number of benzene rings is 1. The maximum absolute atomic E-state index is 12.8. The second kappa shape index (κ2) is 7.74. The zero-order valence-electron chi connectivity index (χ0n) is 14.6. The third-order valence-corrected chi connectivity index (χ3v) is 4.72. The highest BCUT2D eigenvalue weighted by Crippen LogP contribution is 2.16. The number of hydrogen-bond acceptors (Lipinski definition) is 3. The molecular formula is C19H21ClN4O2. The molecule has 0 unspecified atom stereocenters. The molecule has 1 aromatic carbocycles. The van der Waals surface area contributed by atoms with E-state index in [2.05, 4.69) is 11.7 Å². The first-order valence-electron chi connectivity index (χ1n) is 8.47. The highest BCUT2D eigenvalue weighted by atomic mass is 35.5. The van der Waals surface area contributed by atoms with Gasteiger partial charge in [-0.2, -0.15) is 5.10 Å². The van der Waals surface area contributed by atoms with E-state index in [1.807, 2.05) is 36.1 Å². The standard InChI is InChI=1S/C19H21ClN4O2/c1-3-18(25)22-8-9-24(14(2)11-22)19(26)16-6-4-15(5-7-16)12-23-13-17(20)10-21-23/h3-7,10,13-14H,1,8-9,11-12H2,2H3/t14-/m0/s1. The van der Waals surface area contributed by atoms with Gasteiger partial charge in [-0.25, -0.2) is 0 Å². The molecule has 2 aromatic rings. The van der Waals surface area contributed by atoms with Crippen LogP contribution in [0.15, 0.2) is 49.3 Å². The molecular weight excluding hydrogens is 352 g/mol. The summed E-state index contributed by atoms with van der Waals surface area (Å²) in [4.78, 5) is 28.1. The Bertz CT molecular complexity index is 815. The lowest BCUT2D eigenvalue weighted by Crippen LogP contribution is -2.55. The van der Waals surface area contributed by atoms with Crippen LogP contribution in [0.25, 0.3) is 0 Å². The predicted molar refractivity (Wildman–Crippen MR) is 100 cm³/mol. The molecule has 26 heavy (non-hydrogen) atoms. The van der Waals surface area contributed by atoms with Crippen molar-refractivity contribution < 1.29 is 9.59 Å². The number of carbonyl (C=O) groups is 2. The lowest BCUT2D eigenvalue weighted by atomic mass is 10.1. The van der Waals surface area contributed by atoms with Crippen molar-refractivity contribution in [1.82, 2.24) is 19.6 Å². The Morgan fingerprint density at radius 1 is 1.31 bits per heavy atom. The number of halogens is 1. The summed E-state index contributed by atoms with van der Waals surface area (Å²) in [6.07, 6.45) is 4.67. The van der Waals surface area contributed by atoms with E-state index in [-0.39, 0.29) is 17.9 Å². The summed E-state index contributed by atoms with van der Waals surface area (Å²) in [5.41, 5.74) is 1.68. The number of hydrogen-bond donors (Lipinski definition) is 0. The molecule has 7 heteroatoms. The monoisotopic (exact) mass is 372 g/mol. The minimum atomic E-state index is -0.0907. The highest BCUT2D eigenvalue weighted by Gasteiger charge is 2.29. The molecule has 6 nitrogen and oxygen atoms in total. The molecule has 0 saturated carbocycles. The molecule has 1 aliphatic rings. The maximum Gasteiger partial charge on any atom is 0.254 e. The Morgan fingerprint density at radius 2 is 2.04 bits per heavy atom. The predicted octanol–water partition coefficient (Wildman–Crippen LogP) is 2.44. The molecule has 1 aliphatic heterocycles. The molecule has 0 aliphatic carbocycles. The third-order valence-electron chi connectivity index (χ3n) is 4.52. The van der Waals surface area contributed by atoms with Crippen LogP contribution in [0.1, 0.15) is 22.8 Å². The smallest absolute Gasteiger partial charge is 0.254 e. The van der Waals surface area contributed by atoms with Crippen molar-refractivity contribution in [2.24, 2.45) is 0 Å². The average Bonchev–Trinajstić information content (AvgIpc) is 3.05. The van der Waals surface area contributed by atoms with E-state index in [4.69, 9.17) is 11.6 Å². The molecule has 1 atom stereocenters. The van der Waals surface area contributed by atoms with Crippen molar-refractivity contribution in [2.75, 3.05) is 19.6 Å². The fourth-order valence-corrected chi connectivity index (χ4v) is 3.28. The first-order valence-corrected chi connectivity index (χ1v) is 8.85. The minimum absolute atomic E-state index is 0.0168. The lowest BCUT2D eigenvalue weighted by Gasteiger charge is -2.39. The van der Waals surface area contributed by atoms with Gasteiger partial charge in [0.25, 0.3) is 5.91 Å². The summed E-state index contributed by atoms with van der Waals surface area (Å²) in [6.45, 7) is 7.64. The van der Waals surface area contributed by atoms with Gasteiger partial charge < -0.3 is 9.80 Å². The number of amides is 2. The van der Waals surface area contributed by atoms with E-state index in [0.717, 1.165) is 5.56 Å². The van der Waals surface area contributed by atoms with Gasteiger partial charge in [0, 0.05) is 37.4 Å². The minimum Gasteiger partial charge on any atom is -0.335 e. The molecule has 1 aromatic heterocycles. The molecule has 2 amide bonds. The van der Waals surface area contributed by atoms with Gasteiger partial charge in [-0.1, -0.05) is 30.3 Å². The van der Waals surface area contributed by atoms with Crippen LogP contribution in [0.3, 0.4) is 0 Å². The zero-order valence-corrected chi connectivity index (χ0v) is 15.4. The summed E-state index contributed by atoms with van der Waals surface area (Å²) in [5.74, 6) is -0.107. The van der Waals surface area contributed by atoms with Crippen LogP contribution >= 0.6 is 11.6 Å². The van der Waals surface area contributed by atoms with Crippen molar-refractivity contribution in [1.29, 1.82) is 0 Å². The van der Waals surface area contributed by atoms with Crippen LogP contribution in [-0.4, -0.2) is 57.1 Å². The Morgan fingerprint density at radius 3 is 2.62 bits per heavy atom. The molecule has 2 heterocycles. The second-order valence-corrected chi connectivity index (χ2v) is 6.83. The first-order chi connectivity index (χ1) is 12.5. The van der Waals surface area contributed by atoms with Crippen molar-refractivity contribution in [3.8, 4) is 0 Å². The van der Waals surface area contributed by atoms with Gasteiger partial charge in [0.2, 0.25) is 5.91 Å². The normalized spacial score (nSPS) is 17.2. The molecule has 1 saturated heterocycles. The van der Waals surface area contributed by atoms with Crippen molar-refractivity contribution in [3.05, 3.63) is 65.5 Å². The first kappa shape index (κ1) is 18.2. The van der Waals surface area contributed by atoms with Gasteiger partial charge in [-0.3, -0.25) is 14.3 Å². The quantitative estimate of drug-likeness (QED) is 0.774. The fourth-order valence-electron chi connectivity index (χ4n) is 3.12.